The number of sulfonamides is 1. The third-order valence-electron chi connectivity index (χ3n) is 4.77. The van der Waals surface area contributed by atoms with Crippen molar-refractivity contribution in [3.8, 4) is 11.5 Å². The lowest BCUT2D eigenvalue weighted by Crippen LogP contribution is -2.26. The molecule has 0 saturated carbocycles. The molecule has 7 nitrogen and oxygen atoms in total. The zero-order chi connectivity index (χ0) is 23.3. The van der Waals surface area contributed by atoms with Crippen LogP contribution in [-0.2, 0) is 16.6 Å². The van der Waals surface area contributed by atoms with Crippen LogP contribution >= 0.6 is 11.6 Å². The highest BCUT2D eigenvalue weighted by molar-refractivity contribution is 7.92. The van der Waals surface area contributed by atoms with E-state index in [0.29, 0.717) is 11.5 Å². The minimum absolute atomic E-state index is 0.00340. The molecular weight excluding hydrogens is 452 g/mol. The number of methoxy groups -OCH3 is 2. The van der Waals surface area contributed by atoms with Gasteiger partial charge < -0.3 is 14.4 Å². The number of nitrogens with one attached hydrogen (secondary N) is 1. The summed E-state index contributed by atoms with van der Waals surface area (Å²) in [6.07, 6.45) is 0. The van der Waals surface area contributed by atoms with E-state index in [1.165, 1.54) is 30.2 Å². The lowest BCUT2D eigenvalue weighted by atomic mass is 10.1. The first kappa shape index (κ1) is 23.4. The van der Waals surface area contributed by atoms with Gasteiger partial charge in [0.25, 0.3) is 15.9 Å². The zero-order valence-corrected chi connectivity index (χ0v) is 19.4. The summed E-state index contributed by atoms with van der Waals surface area (Å²) in [6.45, 7) is 0.285. The summed E-state index contributed by atoms with van der Waals surface area (Å²) in [4.78, 5) is 14.3. The Kier molecular flexibility index (Phi) is 7.27. The maximum absolute atomic E-state index is 13.0. The van der Waals surface area contributed by atoms with Crippen LogP contribution in [0.1, 0.15) is 15.9 Å². The number of rotatable bonds is 8. The van der Waals surface area contributed by atoms with E-state index in [0.717, 1.165) is 5.56 Å². The van der Waals surface area contributed by atoms with Gasteiger partial charge in [0.2, 0.25) is 0 Å². The van der Waals surface area contributed by atoms with Gasteiger partial charge in [-0.2, -0.15) is 0 Å². The molecule has 1 amide bonds. The molecule has 3 aromatic rings. The maximum Gasteiger partial charge on any atom is 0.263 e. The van der Waals surface area contributed by atoms with E-state index in [9.17, 15) is 13.2 Å². The number of carbonyl (C=O) groups is 1. The predicted molar refractivity (Wildman–Crippen MR) is 124 cm³/mol. The summed E-state index contributed by atoms with van der Waals surface area (Å²) < 4.78 is 39.0. The number of para-hydroxylation sites is 3. The molecular formula is C23H23ClN2O5S. The van der Waals surface area contributed by atoms with E-state index < -0.39 is 10.0 Å². The summed E-state index contributed by atoms with van der Waals surface area (Å²) >= 11 is 6.18. The molecule has 3 aromatic carbocycles. The van der Waals surface area contributed by atoms with Gasteiger partial charge in [0.1, 0.15) is 16.4 Å². The average Bonchev–Trinajstić information content (AvgIpc) is 2.79. The number of hydrogen-bond donors (Lipinski definition) is 1. The van der Waals surface area contributed by atoms with Crippen LogP contribution < -0.4 is 14.2 Å². The first-order valence-electron chi connectivity index (χ1n) is 9.59. The van der Waals surface area contributed by atoms with E-state index in [-0.39, 0.29) is 33.6 Å². The van der Waals surface area contributed by atoms with Gasteiger partial charge in [0.05, 0.1) is 24.9 Å². The highest BCUT2D eigenvalue weighted by Crippen LogP contribution is 2.30. The van der Waals surface area contributed by atoms with Crippen LogP contribution in [0.4, 0.5) is 5.69 Å². The fourth-order valence-electron chi connectivity index (χ4n) is 3.15. The Labute approximate surface area is 192 Å². The van der Waals surface area contributed by atoms with Crippen LogP contribution in [0.5, 0.6) is 11.5 Å². The fraction of sp³-hybridized carbons (Fsp3) is 0.174. The number of ether oxygens (including phenoxy) is 2. The maximum atomic E-state index is 13.0. The molecule has 0 aliphatic rings. The minimum atomic E-state index is -4.08. The first-order valence-corrected chi connectivity index (χ1v) is 11.5. The van der Waals surface area contributed by atoms with Gasteiger partial charge in [-0.1, -0.05) is 41.9 Å². The molecule has 0 atom stereocenters. The largest absolute Gasteiger partial charge is 0.496 e. The first-order chi connectivity index (χ1) is 15.3. The van der Waals surface area contributed by atoms with Crippen molar-refractivity contribution in [2.24, 2.45) is 0 Å². The van der Waals surface area contributed by atoms with Crippen LogP contribution in [0.2, 0.25) is 5.02 Å². The topological polar surface area (TPSA) is 84.9 Å². The van der Waals surface area contributed by atoms with Crippen molar-refractivity contribution >= 4 is 33.2 Å². The molecule has 32 heavy (non-hydrogen) atoms. The Hall–Kier alpha value is -3.23. The smallest absolute Gasteiger partial charge is 0.263 e. The van der Waals surface area contributed by atoms with Crippen LogP contribution in [0.3, 0.4) is 0 Å². The highest BCUT2D eigenvalue weighted by Gasteiger charge is 2.23. The molecule has 0 aromatic heterocycles. The minimum Gasteiger partial charge on any atom is -0.496 e. The van der Waals surface area contributed by atoms with Gasteiger partial charge in [-0.05, 0) is 36.4 Å². The van der Waals surface area contributed by atoms with Crippen LogP contribution in [-0.4, -0.2) is 40.5 Å². The quantitative estimate of drug-likeness (QED) is 0.522. The lowest BCUT2D eigenvalue weighted by Gasteiger charge is -2.19. The Bertz CT molecular complexity index is 1230. The molecule has 0 unspecified atom stereocenters. The van der Waals surface area contributed by atoms with E-state index >= 15 is 0 Å². The molecule has 9 heteroatoms. The zero-order valence-electron chi connectivity index (χ0n) is 17.8. The van der Waals surface area contributed by atoms with E-state index in [1.54, 1.807) is 38.4 Å². The molecule has 0 radical (unpaired) electrons. The van der Waals surface area contributed by atoms with Gasteiger partial charge in [-0.25, -0.2) is 8.42 Å². The molecule has 0 aliphatic heterocycles. The monoisotopic (exact) mass is 474 g/mol. The van der Waals surface area contributed by atoms with E-state index in [1.807, 2.05) is 24.3 Å². The Balaban J connectivity index is 1.88. The van der Waals surface area contributed by atoms with Crippen molar-refractivity contribution in [2.45, 2.75) is 11.4 Å². The number of carbonyl (C=O) groups excluding carboxylic acids is 1. The van der Waals surface area contributed by atoms with Crippen molar-refractivity contribution in [3.63, 3.8) is 0 Å². The summed E-state index contributed by atoms with van der Waals surface area (Å²) in [6, 6.07) is 18.1. The molecule has 0 heterocycles. The Morgan fingerprint density at radius 2 is 1.59 bits per heavy atom. The second kappa shape index (κ2) is 9.93. The molecule has 0 fully saturated rings. The summed E-state index contributed by atoms with van der Waals surface area (Å²) in [5.41, 5.74) is 1.27. The van der Waals surface area contributed by atoms with Crippen LogP contribution in [0, 0.1) is 0 Å². The normalized spacial score (nSPS) is 11.0. The molecule has 3 rings (SSSR count). The van der Waals surface area contributed by atoms with E-state index in [2.05, 4.69) is 4.72 Å². The van der Waals surface area contributed by atoms with Gasteiger partial charge in [-0.15, -0.1) is 0 Å². The third-order valence-corrected chi connectivity index (χ3v) is 6.61. The lowest BCUT2D eigenvalue weighted by molar-refractivity contribution is 0.0784. The molecule has 168 valence electrons. The summed E-state index contributed by atoms with van der Waals surface area (Å²) in [5.74, 6) is 0.657. The van der Waals surface area contributed by atoms with Gasteiger partial charge in [0.15, 0.2) is 0 Å². The molecule has 0 bridgehead atoms. The number of benzene rings is 3. The third kappa shape index (κ3) is 5.15. The van der Waals surface area contributed by atoms with Crippen molar-refractivity contribution in [1.82, 2.24) is 4.90 Å². The van der Waals surface area contributed by atoms with Gasteiger partial charge >= 0.3 is 0 Å². The van der Waals surface area contributed by atoms with Crippen LogP contribution in [0.15, 0.2) is 71.6 Å². The number of hydrogen-bond acceptors (Lipinski definition) is 5. The Morgan fingerprint density at radius 3 is 2.28 bits per heavy atom. The van der Waals surface area contributed by atoms with Gasteiger partial charge in [0, 0.05) is 24.7 Å². The number of anilines is 1. The predicted octanol–water partition coefficient (Wildman–Crippen LogP) is 4.43. The van der Waals surface area contributed by atoms with Crippen molar-refractivity contribution < 1.29 is 22.7 Å². The molecule has 0 spiro atoms. The molecule has 1 N–H and O–H groups in total. The highest BCUT2D eigenvalue weighted by atomic mass is 35.5. The summed E-state index contributed by atoms with van der Waals surface area (Å²) in [7, 11) is 0.552. The van der Waals surface area contributed by atoms with Crippen molar-refractivity contribution in [2.75, 3.05) is 26.0 Å². The number of amides is 1. The van der Waals surface area contributed by atoms with Crippen molar-refractivity contribution in [3.05, 3.63) is 82.9 Å². The fourth-order valence-corrected chi connectivity index (χ4v) is 4.75. The average molecular weight is 475 g/mol. The number of nitrogens with zero attached hydrogens (tertiary/aromatic N) is 1. The second-order valence-electron chi connectivity index (χ2n) is 6.92. The van der Waals surface area contributed by atoms with E-state index in [4.69, 9.17) is 21.1 Å². The molecule has 0 saturated heterocycles. The second-order valence-corrected chi connectivity index (χ2v) is 8.98. The van der Waals surface area contributed by atoms with Crippen LogP contribution in [0.25, 0.3) is 0 Å². The SMILES string of the molecule is COc1ccccc1CN(C)C(=O)c1ccc(Cl)c(S(=O)(=O)Nc2ccccc2OC)c1. The summed E-state index contributed by atoms with van der Waals surface area (Å²) in [5, 5.41) is -0.00340. The Morgan fingerprint density at radius 1 is 0.969 bits per heavy atom. The van der Waals surface area contributed by atoms with Gasteiger partial charge in [-0.3, -0.25) is 9.52 Å². The molecule has 0 aliphatic carbocycles. The standard InChI is InChI=1S/C23H23ClN2O5S/c1-26(15-17-8-4-6-10-20(17)30-2)23(27)16-12-13-18(24)22(14-16)32(28,29)25-19-9-5-7-11-21(19)31-3/h4-14,25H,15H2,1-3H3. The van der Waals surface area contributed by atoms with Crippen molar-refractivity contribution in [1.29, 1.82) is 0 Å². The number of halogens is 1.